The van der Waals surface area contributed by atoms with Crippen LogP contribution >= 0.6 is 0 Å². The Kier molecular flexibility index (Phi) is 50.9. The molecule has 0 fully saturated rings. The maximum atomic E-state index is 8.36. The Morgan fingerprint density at radius 3 is 1.70 bits per heavy atom. The van der Waals surface area contributed by atoms with Crippen molar-refractivity contribution in [2.45, 2.75) is 20.3 Å². The molecule has 4 heteroatoms. The minimum Gasteiger partial charge on any atom is -1.00 e. The molecule has 0 saturated heterocycles. The van der Waals surface area contributed by atoms with E-state index in [1.165, 1.54) is 0 Å². The molecule has 10 heavy (non-hydrogen) atoms. The van der Waals surface area contributed by atoms with E-state index in [1.54, 1.807) is 0 Å². The van der Waals surface area contributed by atoms with Gasteiger partial charge in [0.15, 0.2) is 0 Å². The second-order valence-electron chi connectivity index (χ2n) is 1.79. The molecule has 0 atom stereocenters. The van der Waals surface area contributed by atoms with Gasteiger partial charge in [0, 0.05) is 0 Å². The van der Waals surface area contributed by atoms with Gasteiger partial charge in [-0.2, -0.15) is 6.42 Å². The normalized spacial score (nSPS) is 6.00. The van der Waals surface area contributed by atoms with Crippen LogP contribution in [-0.4, -0.2) is 34.6 Å². The summed E-state index contributed by atoms with van der Waals surface area (Å²) >= 11 is 0. The zero-order valence-electron chi connectivity index (χ0n) is 6.51. The monoisotopic (exact) mass is 176 g/mol. The predicted molar refractivity (Wildman–Crippen MR) is 39.3 cm³/mol. The second-order valence-corrected chi connectivity index (χ2v) is 1.79. The van der Waals surface area contributed by atoms with Gasteiger partial charge in [-0.25, -0.2) is 0 Å². The summed E-state index contributed by atoms with van der Waals surface area (Å²) in [6.45, 7) is 7.75. The average molecular weight is 177 g/mol. The molecule has 0 aromatic rings. The van der Waals surface area contributed by atoms with Gasteiger partial charge >= 0.3 is 23.1 Å². The molecule has 0 bridgehead atoms. The first-order chi connectivity index (χ1) is 3.68. The third-order valence-electron chi connectivity index (χ3n) is 0.577. The topological polar surface area (TPSA) is 37.3 Å². The standard InChI is InChI=1S/C5H11.CH2O2.ClH.Mg/c1-4-5(2)3;2-1-3;;/h5H,1,4H2,2-3H3;1H,(H,2,3);1H;/q-1;;;+2/p-1. The molecule has 0 aliphatic rings. The largest absolute Gasteiger partial charge is 2.00 e. The van der Waals surface area contributed by atoms with Crippen LogP contribution in [0.1, 0.15) is 20.3 Å². The molecule has 2 nitrogen and oxygen atoms in total. The molecule has 0 amide bonds. The summed E-state index contributed by atoms with van der Waals surface area (Å²) in [7, 11) is 0. The van der Waals surface area contributed by atoms with Gasteiger partial charge in [-0.3, -0.25) is 4.79 Å². The molecule has 0 rings (SSSR count). The summed E-state index contributed by atoms with van der Waals surface area (Å²) in [6, 6.07) is 0. The molecule has 0 spiro atoms. The molecule has 0 radical (unpaired) electrons. The number of hydrogen-bond acceptors (Lipinski definition) is 1. The van der Waals surface area contributed by atoms with Crippen molar-refractivity contribution in [1.82, 2.24) is 0 Å². The van der Waals surface area contributed by atoms with E-state index in [2.05, 4.69) is 20.8 Å². The average Bonchev–Trinajstić information content (AvgIpc) is 1.69. The van der Waals surface area contributed by atoms with Crippen LogP contribution in [0.4, 0.5) is 0 Å². The molecule has 0 saturated carbocycles. The molecular formula is C6H13ClMgO2. The van der Waals surface area contributed by atoms with Crippen molar-refractivity contribution in [3.8, 4) is 0 Å². The van der Waals surface area contributed by atoms with Gasteiger partial charge in [-0.05, 0) is 0 Å². The quantitative estimate of drug-likeness (QED) is 0.291. The van der Waals surface area contributed by atoms with Crippen LogP contribution in [-0.2, 0) is 4.79 Å². The van der Waals surface area contributed by atoms with Crippen LogP contribution in [0.2, 0.25) is 0 Å². The van der Waals surface area contributed by atoms with Crippen molar-refractivity contribution < 1.29 is 22.3 Å². The number of hydrogen-bond donors (Lipinski definition) is 1. The second kappa shape index (κ2) is 22.7. The Hall–Kier alpha value is 0.526. The van der Waals surface area contributed by atoms with Crippen LogP contribution in [0, 0.1) is 12.8 Å². The smallest absolute Gasteiger partial charge is 1.00 e. The summed E-state index contributed by atoms with van der Waals surface area (Å²) in [5, 5.41) is 6.89. The van der Waals surface area contributed by atoms with E-state index in [4.69, 9.17) is 9.90 Å². The number of halogens is 1. The van der Waals surface area contributed by atoms with Crippen LogP contribution < -0.4 is 12.4 Å². The fraction of sp³-hybridized carbons (Fsp3) is 0.667. The van der Waals surface area contributed by atoms with E-state index >= 15 is 0 Å². The minimum absolute atomic E-state index is 0. The van der Waals surface area contributed by atoms with Gasteiger partial charge in [0.25, 0.3) is 6.47 Å². The molecule has 0 aliphatic carbocycles. The Bertz CT molecular complexity index is 51.0. The Morgan fingerprint density at radius 2 is 1.70 bits per heavy atom. The summed E-state index contributed by atoms with van der Waals surface area (Å²) in [6.07, 6.45) is 1.06. The fourth-order valence-electron chi connectivity index (χ4n) is 0. The molecule has 0 aliphatic heterocycles. The van der Waals surface area contributed by atoms with Crippen molar-refractivity contribution in [3.05, 3.63) is 6.92 Å². The van der Waals surface area contributed by atoms with E-state index in [1.807, 2.05) is 0 Å². The molecule has 0 aromatic heterocycles. The first-order valence-corrected chi connectivity index (χ1v) is 2.56. The number of rotatable bonds is 1. The first kappa shape index (κ1) is 22.4. The van der Waals surface area contributed by atoms with Crippen molar-refractivity contribution >= 4 is 29.5 Å². The van der Waals surface area contributed by atoms with Crippen LogP contribution in [0.5, 0.6) is 0 Å². The minimum atomic E-state index is -0.250. The Balaban J connectivity index is -0.0000000326. The Labute approximate surface area is 84.9 Å². The molecule has 0 heterocycles. The summed E-state index contributed by atoms with van der Waals surface area (Å²) in [5.41, 5.74) is 0. The van der Waals surface area contributed by atoms with Crippen molar-refractivity contribution in [2.24, 2.45) is 5.92 Å². The number of carbonyl (C=O) groups is 1. The first-order valence-electron chi connectivity index (χ1n) is 2.56. The van der Waals surface area contributed by atoms with E-state index in [0.717, 1.165) is 12.3 Å². The van der Waals surface area contributed by atoms with Gasteiger partial charge in [0.2, 0.25) is 0 Å². The zero-order valence-corrected chi connectivity index (χ0v) is 8.68. The van der Waals surface area contributed by atoms with Crippen LogP contribution in [0.15, 0.2) is 0 Å². The zero-order chi connectivity index (χ0) is 6.99. The van der Waals surface area contributed by atoms with Gasteiger partial charge in [-0.15, -0.1) is 0 Å². The molecule has 0 aromatic carbocycles. The summed E-state index contributed by atoms with van der Waals surface area (Å²) in [4.78, 5) is 8.36. The van der Waals surface area contributed by atoms with E-state index < -0.39 is 0 Å². The maximum Gasteiger partial charge on any atom is 2.00 e. The SMILES string of the molecule is O=CO.[CH2-]CC(C)C.[Cl-].[Mg+2]. The number of carboxylic acid groups (broad SMARTS) is 1. The van der Waals surface area contributed by atoms with Crippen molar-refractivity contribution in [1.29, 1.82) is 0 Å². The van der Waals surface area contributed by atoms with Gasteiger partial charge < -0.3 is 24.4 Å². The van der Waals surface area contributed by atoms with Crippen molar-refractivity contribution in [2.75, 3.05) is 0 Å². The van der Waals surface area contributed by atoms with E-state index in [9.17, 15) is 0 Å². The fourth-order valence-corrected chi connectivity index (χ4v) is 0. The molecule has 1 N–H and O–H groups in total. The van der Waals surface area contributed by atoms with Crippen molar-refractivity contribution in [3.63, 3.8) is 0 Å². The molecular weight excluding hydrogens is 164 g/mol. The third kappa shape index (κ3) is 75.7. The van der Waals surface area contributed by atoms with E-state index in [0.29, 0.717) is 0 Å². The molecule has 58 valence electrons. The van der Waals surface area contributed by atoms with Gasteiger partial charge in [0.05, 0.1) is 0 Å². The summed E-state index contributed by atoms with van der Waals surface area (Å²) < 4.78 is 0. The van der Waals surface area contributed by atoms with Gasteiger partial charge in [0.1, 0.15) is 0 Å². The third-order valence-corrected chi connectivity index (χ3v) is 0.577. The predicted octanol–water partition coefficient (Wildman–Crippen LogP) is -1.81. The van der Waals surface area contributed by atoms with Crippen LogP contribution in [0.25, 0.3) is 0 Å². The Morgan fingerprint density at radius 1 is 1.60 bits per heavy atom. The summed E-state index contributed by atoms with van der Waals surface area (Å²) in [5.74, 6) is 0.773. The molecule has 0 unspecified atom stereocenters. The van der Waals surface area contributed by atoms with Crippen LogP contribution in [0.3, 0.4) is 0 Å². The maximum absolute atomic E-state index is 8.36. The van der Waals surface area contributed by atoms with Gasteiger partial charge in [-0.1, -0.05) is 19.8 Å². The van der Waals surface area contributed by atoms with E-state index in [-0.39, 0.29) is 41.9 Å².